The molecule has 142 valence electrons. The summed E-state index contributed by atoms with van der Waals surface area (Å²) in [6.45, 7) is 0.416. The molecule has 5 heterocycles. The first-order valence-electron chi connectivity index (χ1n) is 8.56. The van der Waals surface area contributed by atoms with E-state index in [4.69, 9.17) is 11.6 Å². The van der Waals surface area contributed by atoms with Crippen molar-refractivity contribution in [1.82, 2.24) is 39.2 Å². The number of imidazole rings is 1. The third kappa shape index (κ3) is 2.48. The van der Waals surface area contributed by atoms with Gasteiger partial charge in [0, 0.05) is 31.9 Å². The van der Waals surface area contributed by atoms with Gasteiger partial charge in [-0.3, -0.25) is 4.79 Å². The van der Waals surface area contributed by atoms with Crippen LogP contribution in [-0.2, 0) is 13.5 Å². The van der Waals surface area contributed by atoms with Gasteiger partial charge in [-0.1, -0.05) is 0 Å². The Morgan fingerprint density at radius 1 is 1.39 bits per heavy atom. The largest absolute Gasteiger partial charge is 0.348 e. The van der Waals surface area contributed by atoms with E-state index in [-0.39, 0.29) is 17.0 Å². The molecule has 0 radical (unpaired) electrons. The topological polar surface area (TPSA) is 97.0 Å². The Hall–Kier alpha value is -3.27. The van der Waals surface area contributed by atoms with Crippen molar-refractivity contribution in [2.75, 3.05) is 6.54 Å². The number of amides is 1. The van der Waals surface area contributed by atoms with Crippen molar-refractivity contribution < 1.29 is 9.18 Å². The monoisotopic (exact) mass is 400 g/mol. The maximum atomic E-state index is 14.2. The van der Waals surface area contributed by atoms with Crippen molar-refractivity contribution in [3.8, 4) is 0 Å². The van der Waals surface area contributed by atoms with E-state index >= 15 is 0 Å². The Balaban J connectivity index is 1.65. The maximum Gasteiger partial charge on any atom is 0.292 e. The Morgan fingerprint density at radius 3 is 3.00 bits per heavy atom. The molecule has 0 aliphatic carbocycles. The van der Waals surface area contributed by atoms with Crippen LogP contribution >= 0.6 is 11.6 Å². The van der Waals surface area contributed by atoms with Gasteiger partial charge >= 0.3 is 0 Å². The standard InChI is InChI=1S/C17H14ClFN8O/c1-25-15(22-17(18)24-25)16(28)26-6-4-10-13(21-8-20-10)14(26)11-7-12-9(19)3-2-5-27(12)23-11/h2-3,5,7-8,14H,4,6H2,1H3,(H,20,21). The second-order valence-corrected chi connectivity index (χ2v) is 6.84. The minimum absolute atomic E-state index is 0.00494. The van der Waals surface area contributed by atoms with Crippen molar-refractivity contribution in [3.63, 3.8) is 0 Å². The lowest BCUT2D eigenvalue weighted by molar-refractivity contribution is 0.0669. The van der Waals surface area contributed by atoms with Gasteiger partial charge < -0.3 is 9.88 Å². The predicted molar refractivity (Wildman–Crippen MR) is 96.3 cm³/mol. The van der Waals surface area contributed by atoms with E-state index in [9.17, 15) is 9.18 Å². The number of rotatable bonds is 2. The van der Waals surface area contributed by atoms with Gasteiger partial charge in [0.2, 0.25) is 11.1 Å². The minimum atomic E-state index is -0.586. The van der Waals surface area contributed by atoms with Gasteiger partial charge in [0.05, 0.1) is 17.7 Å². The van der Waals surface area contributed by atoms with E-state index in [1.165, 1.54) is 15.3 Å². The molecule has 4 aromatic rings. The van der Waals surface area contributed by atoms with Gasteiger partial charge in [-0.15, -0.1) is 5.10 Å². The SMILES string of the molecule is Cn1nc(Cl)nc1C(=O)N1CCc2[nH]cnc2C1c1cc2c(F)cccn2n1. The van der Waals surface area contributed by atoms with E-state index in [1.807, 2.05) is 0 Å². The highest BCUT2D eigenvalue weighted by Crippen LogP contribution is 2.34. The van der Waals surface area contributed by atoms with Crippen LogP contribution in [0, 0.1) is 5.82 Å². The molecular formula is C17H14ClFN8O. The number of aromatic nitrogens is 7. The minimum Gasteiger partial charge on any atom is -0.348 e. The molecule has 1 aliphatic heterocycles. The molecular weight excluding hydrogens is 387 g/mol. The van der Waals surface area contributed by atoms with Crippen LogP contribution in [-0.4, -0.2) is 51.7 Å². The number of hydrogen-bond acceptors (Lipinski definition) is 5. The highest BCUT2D eigenvalue weighted by molar-refractivity contribution is 6.28. The fourth-order valence-electron chi connectivity index (χ4n) is 3.60. The molecule has 11 heteroatoms. The van der Waals surface area contributed by atoms with E-state index in [2.05, 4.69) is 25.1 Å². The van der Waals surface area contributed by atoms with Crippen LogP contribution in [0.1, 0.15) is 33.7 Å². The van der Waals surface area contributed by atoms with Crippen LogP contribution in [0.5, 0.6) is 0 Å². The van der Waals surface area contributed by atoms with Crippen molar-refractivity contribution >= 4 is 23.0 Å². The van der Waals surface area contributed by atoms with Crippen molar-refractivity contribution in [2.45, 2.75) is 12.5 Å². The molecule has 4 aromatic heterocycles. The molecule has 1 atom stereocenters. The highest BCUT2D eigenvalue weighted by Gasteiger charge is 2.37. The normalized spacial score (nSPS) is 16.5. The molecule has 0 fully saturated rings. The number of hydrogen-bond donors (Lipinski definition) is 1. The summed E-state index contributed by atoms with van der Waals surface area (Å²) in [5.74, 6) is -0.626. The van der Waals surface area contributed by atoms with E-state index < -0.39 is 11.9 Å². The quantitative estimate of drug-likeness (QED) is 0.553. The molecule has 1 unspecified atom stereocenters. The average Bonchev–Trinajstić information content (AvgIpc) is 3.38. The number of nitrogens with zero attached hydrogens (tertiary/aromatic N) is 7. The van der Waals surface area contributed by atoms with Crippen LogP contribution in [0.3, 0.4) is 0 Å². The molecule has 1 N–H and O–H groups in total. The summed E-state index contributed by atoms with van der Waals surface area (Å²) in [4.78, 5) is 26.4. The van der Waals surface area contributed by atoms with Crippen LogP contribution in [0.25, 0.3) is 5.52 Å². The Bertz CT molecular complexity index is 1210. The lowest BCUT2D eigenvalue weighted by atomic mass is 9.99. The molecule has 0 saturated carbocycles. The summed E-state index contributed by atoms with van der Waals surface area (Å²) in [6.07, 6.45) is 3.84. The number of aryl methyl sites for hydroxylation is 1. The molecule has 0 aromatic carbocycles. The number of pyridine rings is 1. The zero-order valence-electron chi connectivity index (χ0n) is 14.7. The number of H-pyrrole nitrogens is 1. The zero-order chi connectivity index (χ0) is 19.4. The van der Waals surface area contributed by atoms with Gasteiger partial charge in [-0.2, -0.15) is 10.1 Å². The second kappa shape index (κ2) is 6.13. The molecule has 28 heavy (non-hydrogen) atoms. The lowest BCUT2D eigenvalue weighted by Crippen LogP contribution is -2.42. The van der Waals surface area contributed by atoms with Crippen LogP contribution < -0.4 is 0 Å². The first kappa shape index (κ1) is 16.9. The van der Waals surface area contributed by atoms with E-state index in [0.717, 1.165) is 5.69 Å². The van der Waals surface area contributed by atoms with E-state index in [0.29, 0.717) is 29.9 Å². The van der Waals surface area contributed by atoms with Gasteiger partial charge in [0.15, 0.2) is 0 Å². The number of fused-ring (bicyclic) bond motifs is 2. The summed E-state index contributed by atoms with van der Waals surface area (Å²) in [7, 11) is 1.60. The van der Waals surface area contributed by atoms with Crippen LogP contribution in [0.4, 0.5) is 4.39 Å². The van der Waals surface area contributed by atoms with Crippen LogP contribution in [0.15, 0.2) is 30.7 Å². The fourth-order valence-corrected chi connectivity index (χ4v) is 3.79. The smallest absolute Gasteiger partial charge is 0.292 e. The lowest BCUT2D eigenvalue weighted by Gasteiger charge is -2.33. The molecule has 1 aliphatic rings. The van der Waals surface area contributed by atoms with Gasteiger partial charge in [0.1, 0.15) is 17.4 Å². The second-order valence-electron chi connectivity index (χ2n) is 6.50. The first-order chi connectivity index (χ1) is 13.5. The summed E-state index contributed by atoms with van der Waals surface area (Å²) >= 11 is 5.85. The van der Waals surface area contributed by atoms with Gasteiger partial charge in [0.25, 0.3) is 5.91 Å². The molecule has 9 nitrogen and oxygen atoms in total. The van der Waals surface area contributed by atoms with Gasteiger partial charge in [-0.25, -0.2) is 18.6 Å². The predicted octanol–water partition coefficient (Wildman–Crippen LogP) is 1.77. The Kier molecular flexibility index (Phi) is 3.69. The van der Waals surface area contributed by atoms with Crippen molar-refractivity contribution in [2.24, 2.45) is 7.05 Å². The molecule has 5 rings (SSSR count). The maximum absolute atomic E-state index is 14.2. The molecule has 0 spiro atoms. The number of carbonyl (C=O) groups is 1. The highest BCUT2D eigenvalue weighted by atomic mass is 35.5. The number of aromatic amines is 1. The fraction of sp³-hybridized carbons (Fsp3) is 0.235. The Labute approximate surface area is 162 Å². The first-order valence-corrected chi connectivity index (χ1v) is 8.94. The molecule has 0 bridgehead atoms. The number of carbonyl (C=O) groups excluding carboxylic acids is 1. The summed E-state index contributed by atoms with van der Waals surface area (Å²) in [5.41, 5.74) is 2.44. The third-order valence-electron chi connectivity index (χ3n) is 4.86. The molecule has 1 amide bonds. The number of nitrogens with one attached hydrogen (secondary N) is 1. The van der Waals surface area contributed by atoms with Crippen molar-refractivity contribution in [1.29, 1.82) is 0 Å². The van der Waals surface area contributed by atoms with Crippen LogP contribution in [0.2, 0.25) is 5.28 Å². The number of halogens is 2. The average molecular weight is 401 g/mol. The third-order valence-corrected chi connectivity index (χ3v) is 5.02. The summed E-state index contributed by atoms with van der Waals surface area (Å²) < 4.78 is 17.0. The summed E-state index contributed by atoms with van der Waals surface area (Å²) in [5, 5.41) is 8.42. The van der Waals surface area contributed by atoms with Gasteiger partial charge in [-0.05, 0) is 29.8 Å². The summed E-state index contributed by atoms with van der Waals surface area (Å²) in [6, 6.07) is 3.99. The molecule has 0 saturated heterocycles. The van der Waals surface area contributed by atoms with E-state index in [1.54, 1.807) is 36.6 Å². The zero-order valence-corrected chi connectivity index (χ0v) is 15.4. The van der Waals surface area contributed by atoms with Crippen molar-refractivity contribution in [3.05, 3.63) is 64.7 Å². The Morgan fingerprint density at radius 2 is 2.25 bits per heavy atom.